The molecule has 3 rings (SSSR count). The molecular formula is C13H16N4O. The average Bonchev–Trinajstić information content (AvgIpc) is 2.91. The molecule has 0 spiro atoms. The molecule has 2 aromatic heterocycles. The first-order valence-corrected chi connectivity index (χ1v) is 6.22. The van der Waals surface area contributed by atoms with Gasteiger partial charge in [0.05, 0.1) is 18.3 Å². The standard InChI is InChI=1S/C13H16N4O/c1-9(16-13(18)12-3-2-6-14-12)10-7-15-17(8-10)11-4-5-11/h2-3,6-9,11,14H,4-5H2,1H3,(H,16,18). The lowest BCUT2D eigenvalue weighted by Crippen LogP contribution is -2.26. The number of carbonyl (C=O) groups is 1. The first kappa shape index (κ1) is 11.1. The summed E-state index contributed by atoms with van der Waals surface area (Å²) in [6, 6.07) is 4.11. The Kier molecular flexibility index (Phi) is 2.66. The Balaban J connectivity index is 1.66. The van der Waals surface area contributed by atoms with Gasteiger partial charge in [-0.3, -0.25) is 9.48 Å². The molecule has 1 amide bonds. The fraction of sp³-hybridized carbons (Fsp3) is 0.385. The quantitative estimate of drug-likeness (QED) is 0.864. The minimum atomic E-state index is -0.0910. The van der Waals surface area contributed by atoms with Crippen LogP contribution in [0.2, 0.25) is 0 Å². The van der Waals surface area contributed by atoms with E-state index < -0.39 is 0 Å². The van der Waals surface area contributed by atoms with Gasteiger partial charge in [-0.25, -0.2) is 0 Å². The van der Waals surface area contributed by atoms with Crippen molar-refractivity contribution in [2.75, 3.05) is 0 Å². The van der Waals surface area contributed by atoms with E-state index >= 15 is 0 Å². The summed E-state index contributed by atoms with van der Waals surface area (Å²) in [5.74, 6) is -0.0910. The highest BCUT2D eigenvalue weighted by atomic mass is 16.1. The van der Waals surface area contributed by atoms with Crippen molar-refractivity contribution in [2.45, 2.75) is 31.8 Å². The molecule has 1 aliphatic rings. The molecule has 0 bridgehead atoms. The van der Waals surface area contributed by atoms with Gasteiger partial charge in [-0.15, -0.1) is 0 Å². The van der Waals surface area contributed by atoms with Crippen molar-refractivity contribution in [1.29, 1.82) is 0 Å². The van der Waals surface area contributed by atoms with E-state index in [1.807, 2.05) is 30.1 Å². The molecule has 2 heterocycles. The van der Waals surface area contributed by atoms with E-state index in [1.165, 1.54) is 12.8 Å². The molecule has 2 N–H and O–H groups in total. The van der Waals surface area contributed by atoms with E-state index in [-0.39, 0.29) is 11.9 Å². The maximum atomic E-state index is 11.9. The molecule has 2 aromatic rings. The maximum Gasteiger partial charge on any atom is 0.268 e. The van der Waals surface area contributed by atoms with E-state index in [4.69, 9.17) is 0 Å². The molecule has 1 aliphatic carbocycles. The maximum absolute atomic E-state index is 11.9. The van der Waals surface area contributed by atoms with E-state index in [1.54, 1.807) is 12.3 Å². The van der Waals surface area contributed by atoms with Crippen LogP contribution in [-0.2, 0) is 0 Å². The summed E-state index contributed by atoms with van der Waals surface area (Å²) in [5, 5.41) is 7.27. The Bertz CT molecular complexity index is 539. The lowest BCUT2D eigenvalue weighted by Gasteiger charge is -2.11. The summed E-state index contributed by atoms with van der Waals surface area (Å²) < 4.78 is 1.99. The molecule has 5 heteroatoms. The minimum Gasteiger partial charge on any atom is -0.357 e. The Morgan fingerprint density at radius 3 is 3.11 bits per heavy atom. The van der Waals surface area contributed by atoms with E-state index in [0.717, 1.165) is 5.56 Å². The minimum absolute atomic E-state index is 0.0340. The van der Waals surface area contributed by atoms with E-state index in [0.29, 0.717) is 11.7 Å². The number of hydrogen-bond donors (Lipinski definition) is 2. The number of aromatic nitrogens is 3. The largest absolute Gasteiger partial charge is 0.357 e. The molecule has 0 saturated heterocycles. The summed E-state index contributed by atoms with van der Waals surface area (Å²) in [4.78, 5) is 14.8. The third-order valence-corrected chi connectivity index (χ3v) is 3.23. The summed E-state index contributed by atoms with van der Waals surface area (Å²) in [7, 11) is 0. The van der Waals surface area contributed by atoms with Crippen molar-refractivity contribution in [2.24, 2.45) is 0 Å². The summed E-state index contributed by atoms with van der Waals surface area (Å²) in [6.45, 7) is 1.97. The van der Waals surface area contributed by atoms with Crippen LogP contribution >= 0.6 is 0 Å². The lowest BCUT2D eigenvalue weighted by atomic mass is 10.2. The zero-order valence-electron chi connectivity index (χ0n) is 10.3. The Morgan fingerprint density at radius 1 is 1.61 bits per heavy atom. The van der Waals surface area contributed by atoms with Crippen LogP contribution in [0.15, 0.2) is 30.7 Å². The monoisotopic (exact) mass is 244 g/mol. The number of nitrogens with one attached hydrogen (secondary N) is 2. The van der Waals surface area contributed by atoms with Crippen molar-refractivity contribution in [3.8, 4) is 0 Å². The normalized spacial score (nSPS) is 16.5. The number of H-pyrrole nitrogens is 1. The van der Waals surface area contributed by atoms with Gasteiger partial charge in [0.1, 0.15) is 5.69 Å². The number of hydrogen-bond acceptors (Lipinski definition) is 2. The summed E-state index contributed by atoms with van der Waals surface area (Å²) >= 11 is 0. The fourth-order valence-corrected chi connectivity index (χ4v) is 1.94. The average molecular weight is 244 g/mol. The Morgan fingerprint density at radius 2 is 2.44 bits per heavy atom. The molecule has 18 heavy (non-hydrogen) atoms. The molecule has 0 radical (unpaired) electrons. The van der Waals surface area contributed by atoms with Crippen LogP contribution in [0.3, 0.4) is 0 Å². The molecule has 1 saturated carbocycles. The zero-order valence-corrected chi connectivity index (χ0v) is 10.3. The molecule has 1 unspecified atom stereocenters. The molecule has 1 atom stereocenters. The summed E-state index contributed by atoms with van der Waals surface area (Å²) in [6.07, 6.45) is 8.02. The van der Waals surface area contributed by atoms with Gasteiger partial charge in [0.2, 0.25) is 0 Å². The Hall–Kier alpha value is -2.04. The first-order valence-electron chi connectivity index (χ1n) is 6.22. The van der Waals surface area contributed by atoms with Crippen LogP contribution in [0.5, 0.6) is 0 Å². The van der Waals surface area contributed by atoms with Gasteiger partial charge < -0.3 is 10.3 Å². The highest BCUT2D eigenvalue weighted by Crippen LogP contribution is 2.34. The molecule has 0 aliphatic heterocycles. The van der Waals surface area contributed by atoms with E-state index in [2.05, 4.69) is 15.4 Å². The number of carbonyl (C=O) groups excluding carboxylic acids is 1. The van der Waals surface area contributed by atoms with E-state index in [9.17, 15) is 4.79 Å². The lowest BCUT2D eigenvalue weighted by molar-refractivity contribution is 0.0935. The van der Waals surface area contributed by atoms with Gasteiger partial charge in [0, 0.05) is 18.0 Å². The highest BCUT2D eigenvalue weighted by Gasteiger charge is 2.25. The third kappa shape index (κ3) is 2.16. The predicted octanol–water partition coefficient (Wildman–Crippen LogP) is 2.04. The van der Waals surface area contributed by atoms with Crippen molar-refractivity contribution >= 4 is 5.91 Å². The SMILES string of the molecule is CC(NC(=O)c1ccc[nH]1)c1cnn(C2CC2)c1. The van der Waals surface area contributed by atoms with Gasteiger partial charge in [-0.05, 0) is 31.9 Å². The zero-order chi connectivity index (χ0) is 12.5. The second-order valence-corrected chi connectivity index (χ2v) is 4.76. The fourth-order valence-electron chi connectivity index (χ4n) is 1.94. The Labute approximate surface area is 105 Å². The summed E-state index contributed by atoms with van der Waals surface area (Å²) in [5.41, 5.74) is 1.62. The molecule has 1 fully saturated rings. The van der Waals surface area contributed by atoms with Crippen LogP contribution in [0, 0.1) is 0 Å². The van der Waals surface area contributed by atoms with Crippen molar-refractivity contribution < 1.29 is 4.79 Å². The van der Waals surface area contributed by atoms with Crippen molar-refractivity contribution in [3.05, 3.63) is 42.0 Å². The van der Waals surface area contributed by atoms with Gasteiger partial charge in [-0.1, -0.05) is 0 Å². The third-order valence-electron chi connectivity index (χ3n) is 3.23. The topological polar surface area (TPSA) is 62.7 Å². The van der Waals surface area contributed by atoms with Crippen LogP contribution in [0.4, 0.5) is 0 Å². The number of rotatable bonds is 4. The first-order chi connectivity index (χ1) is 8.74. The number of amides is 1. The number of aromatic amines is 1. The molecule has 5 nitrogen and oxygen atoms in total. The molecule has 94 valence electrons. The van der Waals surface area contributed by atoms with Crippen LogP contribution in [0.25, 0.3) is 0 Å². The molecule has 0 aromatic carbocycles. The smallest absolute Gasteiger partial charge is 0.268 e. The van der Waals surface area contributed by atoms with Crippen molar-refractivity contribution in [1.82, 2.24) is 20.1 Å². The van der Waals surface area contributed by atoms with Gasteiger partial charge in [-0.2, -0.15) is 5.10 Å². The van der Waals surface area contributed by atoms with Crippen LogP contribution < -0.4 is 5.32 Å². The van der Waals surface area contributed by atoms with Gasteiger partial charge >= 0.3 is 0 Å². The highest BCUT2D eigenvalue weighted by molar-refractivity contribution is 5.92. The van der Waals surface area contributed by atoms with Gasteiger partial charge in [0.25, 0.3) is 5.91 Å². The van der Waals surface area contributed by atoms with Crippen LogP contribution in [-0.4, -0.2) is 20.7 Å². The van der Waals surface area contributed by atoms with Gasteiger partial charge in [0.15, 0.2) is 0 Å². The second kappa shape index (κ2) is 4.33. The second-order valence-electron chi connectivity index (χ2n) is 4.76. The predicted molar refractivity (Wildman–Crippen MR) is 67.2 cm³/mol. The van der Waals surface area contributed by atoms with Crippen LogP contribution in [0.1, 0.15) is 47.9 Å². The molecular weight excluding hydrogens is 228 g/mol. The number of nitrogens with zero attached hydrogens (tertiary/aromatic N) is 2. The van der Waals surface area contributed by atoms with Crippen molar-refractivity contribution in [3.63, 3.8) is 0 Å².